The number of carbonyl (C=O) groups is 2. The number of nitrogens with one attached hydrogen (secondary N) is 2. The molecule has 8 heteroatoms. The summed E-state index contributed by atoms with van der Waals surface area (Å²) >= 11 is 0. The van der Waals surface area contributed by atoms with Gasteiger partial charge in [-0.25, -0.2) is 4.79 Å². The quantitative estimate of drug-likeness (QED) is 0.449. The Bertz CT molecular complexity index is 572. The van der Waals surface area contributed by atoms with Gasteiger partial charge in [0.25, 0.3) is 11.6 Å². The van der Waals surface area contributed by atoms with Crippen molar-refractivity contribution in [2.45, 2.75) is 13.8 Å². The molecular formula is C14H19N3O5. The van der Waals surface area contributed by atoms with Crippen LogP contribution in [0.1, 0.15) is 24.2 Å². The SMILES string of the molecule is CNc1ccc([N+](=O)[O-])cc1C(=O)OCC(=O)NCC(C)C. The Kier molecular flexibility index (Phi) is 6.30. The number of benzene rings is 1. The topological polar surface area (TPSA) is 111 Å². The van der Waals surface area contributed by atoms with Crippen LogP contribution in [0.15, 0.2) is 18.2 Å². The Hall–Kier alpha value is -2.64. The van der Waals surface area contributed by atoms with Crippen molar-refractivity contribution in [2.24, 2.45) is 5.92 Å². The van der Waals surface area contributed by atoms with Gasteiger partial charge in [-0.2, -0.15) is 0 Å². The Morgan fingerprint density at radius 3 is 2.59 bits per heavy atom. The lowest BCUT2D eigenvalue weighted by atomic mass is 10.1. The first-order chi connectivity index (χ1) is 10.3. The van der Waals surface area contributed by atoms with Gasteiger partial charge in [-0.1, -0.05) is 13.8 Å². The molecule has 0 aromatic heterocycles. The Morgan fingerprint density at radius 1 is 1.36 bits per heavy atom. The first-order valence-electron chi connectivity index (χ1n) is 6.75. The minimum absolute atomic E-state index is 0.00774. The summed E-state index contributed by atoms with van der Waals surface area (Å²) in [5.41, 5.74) is 0.168. The molecule has 0 saturated heterocycles. The van der Waals surface area contributed by atoms with E-state index in [1.807, 2.05) is 13.8 Å². The number of nitro groups is 1. The van der Waals surface area contributed by atoms with Crippen LogP contribution in [0, 0.1) is 16.0 Å². The molecule has 0 aliphatic heterocycles. The van der Waals surface area contributed by atoms with Gasteiger partial charge in [0, 0.05) is 31.4 Å². The van der Waals surface area contributed by atoms with E-state index in [0.717, 1.165) is 6.07 Å². The molecule has 1 amide bonds. The van der Waals surface area contributed by atoms with E-state index in [-0.39, 0.29) is 17.2 Å². The zero-order chi connectivity index (χ0) is 16.7. The van der Waals surface area contributed by atoms with E-state index in [9.17, 15) is 19.7 Å². The summed E-state index contributed by atoms with van der Waals surface area (Å²) in [4.78, 5) is 33.6. The van der Waals surface area contributed by atoms with E-state index in [2.05, 4.69) is 10.6 Å². The minimum Gasteiger partial charge on any atom is -0.452 e. The molecule has 0 spiro atoms. The van der Waals surface area contributed by atoms with Gasteiger partial charge in [0.05, 0.1) is 10.5 Å². The number of nitrogens with zero attached hydrogens (tertiary/aromatic N) is 1. The highest BCUT2D eigenvalue weighted by molar-refractivity contribution is 5.97. The summed E-state index contributed by atoms with van der Waals surface area (Å²) in [5, 5.41) is 16.1. The van der Waals surface area contributed by atoms with E-state index < -0.39 is 23.4 Å². The van der Waals surface area contributed by atoms with Crippen LogP contribution in [0.25, 0.3) is 0 Å². The second-order valence-corrected chi connectivity index (χ2v) is 5.01. The molecule has 1 rings (SSSR count). The van der Waals surface area contributed by atoms with Crippen molar-refractivity contribution >= 4 is 23.3 Å². The molecule has 0 fully saturated rings. The van der Waals surface area contributed by atoms with Crippen molar-refractivity contribution in [1.82, 2.24) is 5.32 Å². The maximum Gasteiger partial charge on any atom is 0.341 e. The fraction of sp³-hybridized carbons (Fsp3) is 0.429. The summed E-state index contributed by atoms with van der Waals surface area (Å²) in [6.45, 7) is 3.93. The maximum atomic E-state index is 12.0. The normalized spacial score (nSPS) is 10.2. The van der Waals surface area contributed by atoms with Crippen molar-refractivity contribution < 1.29 is 19.2 Å². The molecule has 1 aromatic rings. The van der Waals surface area contributed by atoms with Crippen molar-refractivity contribution in [1.29, 1.82) is 0 Å². The van der Waals surface area contributed by atoms with Crippen LogP contribution in [0.2, 0.25) is 0 Å². The highest BCUT2D eigenvalue weighted by Gasteiger charge is 2.18. The number of ether oxygens (including phenoxy) is 1. The number of esters is 1. The summed E-state index contributed by atoms with van der Waals surface area (Å²) in [5.74, 6) is -0.932. The molecule has 0 aliphatic carbocycles. The van der Waals surface area contributed by atoms with Crippen LogP contribution in [0.5, 0.6) is 0 Å². The summed E-state index contributed by atoms with van der Waals surface area (Å²) in [7, 11) is 1.58. The molecule has 0 bridgehead atoms. The molecule has 2 N–H and O–H groups in total. The number of nitro benzene ring substituents is 1. The third-order valence-corrected chi connectivity index (χ3v) is 2.75. The van der Waals surface area contributed by atoms with Gasteiger partial charge in [0.2, 0.25) is 0 Å². The average Bonchev–Trinajstić information content (AvgIpc) is 2.49. The van der Waals surface area contributed by atoms with Gasteiger partial charge in [0.1, 0.15) is 0 Å². The molecule has 22 heavy (non-hydrogen) atoms. The van der Waals surface area contributed by atoms with Crippen LogP contribution in [0.3, 0.4) is 0 Å². The summed E-state index contributed by atoms with van der Waals surface area (Å²) in [6.07, 6.45) is 0. The highest BCUT2D eigenvalue weighted by Crippen LogP contribution is 2.22. The summed E-state index contributed by atoms with van der Waals surface area (Å²) in [6, 6.07) is 3.80. The molecule has 0 saturated carbocycles. The first kappa shape index (κ1) is 17.4. The Labute approximate surface area is 128 Å². The van der Waals surface area contributed by atoms with Crippen molar-refractivity contribution in [3.05, 3.63) is 33.9 Å². The largest absolute Gasteiger partial charge is 0.452 e. The lowest BCUT2D eigenvalue weighted by Crippen LogP contribution is -2.31. The smallest absolute Gasteiger partial charge is 0.341 e. The Balaban J connectivity index is 2.74. The van der Waals surface area contributed by atoms with Crippen molar-refractivity contribution in [2.75, 3.05) is 25.5 Å². The molecular weight excluding hydrogens is 290 g/mol. The lowest BCUT2D eigenvalue weighted by Gasteiger charge is -2.10. The maximum absolute atomic E-state index is 12.0. The van der Waals surface area contributed by atoms with Gasteiger partial charge in [-0.05, 0) is 12.0 Å². The van der Waals surface area contributed by atoms with E-state index in [1.165, 1.54) is 12.1 Å². The fourth-order valence-electron chi connectivity index (χ4n) is 1.61. The molecule has 0 radical (unpaired) electrons. The van der Waals surface area contributed by atoms with E-state index in [1.54, 1.807) is 7.05 Å². The third-order valence-electron chi connectivity index (χ3n) is 2.75. The highest BCUT2D eigenvalue weighted by atomic mass is 16.6. The molecule has 0 aliphatic rings. The standard InChI is InChI=1S/C14H19N3O5/c1-9(2)7-16-13(18)8-22-14(19)11-6-10(17(20)21)4-5-12(11)15-3/h4-6,9,15H,7-8H2,1-3H3,(H,16,18). The van der Waals surface area contributed by atoms with Crippen LogP contribution in [-0.2, 0) is 9.53 Å². The van der Waals surface area contributed by atoms with Crippen LogP contribution in [0.4, 0.5) is 11.4 Å². The minimum atomic E-state index is -0.798. The fourth-order valence-corrected chi connectivity index (χ4v) is 1.61. The molecule has 0 atom stereocenters. The molecule has 8 nitrogen and oxygen atoms in total. The Morgan fingerprint density at radius 2 is 2.05 bits per heavy atom. The number of amides is 1. The van der Waals surface area contributed by atoms with Gasteiger partial charge >= 0.3 is 5.97 Å². The van der Waals surface area contributed by atoms with E-state index >= 15 is 0 Å². The number of rotatable bonds is 7. The zero-order valence-corrected chi connectivity index (χ0v) is 12.7. The third kappa shape index (κ3) is 5.04. The van der Waals surface area contributed by atoms with E-state index in [0.29, 0.717) is 12.2 Å². The molecule has 120 valence electrons. The molecule has 1 aromatic carbocycles. The lowest BCUT2D eigenvalue weighted by molar-refractivity contribution is -0.384. The van der Waals surface area contributed by atoms with Gasteiger partial charge < -0.3 is 15.4 Å². The summed E-state index contributed by atoms with van der Waals surface area (Å²) < 4.78 is 4.89. The number of hydrogen-bond acceptors (Lipinski definition) is 6. The predicted octanol–water partition coefficient (Wildman–Crippen LogP) is 1.57. The number of anilines is 1. The second-order valence-electron chi connectivity index (χ2n) is 5.01. The van der Waals surface area contributed by atoms with Crippen LogP contribution < -0.4 is 10.6 Å². The van der Waals surface area contributed by atoms with E-state index in [4.69, 9.17) is 4.74 Å². The molecule has 0 heterocycles. The number of hydrogen-bond donors (Lipinski definition) is 2. The van der Waals surface area contributed by atoms with Crippen LogP contribution >= 0.6 is 0 Å². The van der Waals surface area contributed by atoms with Gasteiger partial charge in [0.15, 0.2) is 6.61 Å². The molecule has 0 unspecified atom stereocenters. The number of non-ortho nitro benzene ring substituents is 1. The van der Waals surface area contributed by atoms with Gasteiger partial charge in [-0.15, -0.1) is 0 Å². The predicted molar refractivity (Wildman–Crippen MR) is 80.8 cm³/mol. The van der Waals surface area contributed by atoms with Crippen molar-refractivity contribution in [3.63, 3.8) is 0 Å². The zero-order valence-electron chi connectivity index (χ0n) is 12.7. The first-order valence-corrected chi connectivity index (χ1v) is 6.75. The van der Waals surface area contributed by atoms with Gasteiger partial charge in [-0.3, -0.25) is 14.9 Å². The number of carbonyl (C=O) groups excluding carboxylic acids is 2. The average molecular weight is 309 g/mol. The monoisotopic (exact) mass is 309 g/mol. The van der Waals surface area contributed by atoms with Crippen LogP contribution in [-0.4, -0.2) is 37.0 Å². The second kappa shape index (κ2) is 7.96. The van der Waals surface area contributed by atoms with Crippen molar-refractivity contribution in [3.8, 4) is 0 Å².